The Hall–Kier alpha value is -3.33. The van der Waals surface area contributed by atoms with Gasteiger partial charge in [-0.05, 0) is 37.3 Å². The molecule has 14 heteroatoms. The first-order chi connectivity index (χ1) is 23.3. The van der Waals surface area contributed by atoms with Gasteiger partial charge in [0.15, 0.2) is 24.1 Å². The highest BCUT2D eigenvalue weighted by Crippen LogP contribution is 2.83. The van der Waals surface area contributed by atoms with Crippen LogP contribution in [-0.4, -0.2) is 95.0 Å². The van der Waals surface area contributed by atoms with Gasteiger partial charge in [0.25, 0.3) is 0 Å². The Kier molecular flexibility index (Phi) is 7.78. The lowest BCUT2D eigenvalue weighted by Crippen LogP contribution is -2.84. The summed E-state index contributed by atoms with van der Waals surface area (Å²) in [6, 6.07) is 1.80. The average molecular weight is 703 g/mol. The standard InChI is InChI=1S/C36H46O14/c1-15(2)30(43)49-31-32(6)21-12-22(40)34(8)26(35(21,14-45-31)27(42)25(46-16(3)37)29(32)48-18(5)39)24(41)28(47-17(4)38)33(7)20(19-9-10-44-13-19)11-23-36(33,34)50-23/h9-10,13,15,20-23,25-29,31,40,42H,11-12,14H2,1-8H3/t20-,21-,22+,23+,25+,26-,27-,28-,29+,31?,32+,33+,34+,35-,36+/m0/s1. The molecule has 3 heterocycles. The number of ketones is 1. The van der Waals surface area contributed by atoms with Gasteiger partial charge in [0, 0.05) is 43.4 Å². The van der Waals surface area contributed by atoms with Crippen molar-refractivity contribution in [3.8, 4) is 0 Å². The van der Waals surface area contributed by atoms with E-state index in [-0.39, 0.29) is 18.9 Å². The van der Waals surface area contributed by atoms with Crippen LogP contribution in [0.25, 0.3) is 0 Å². The molecule has 0 radical (unpaired) electrons. The van der Waals surface area contributed by atoms with Crippen molar-refractivity contribution < 1.29 is 67.0 Å². The summed E-state index contributed by atoms with van der Waals surface area (Å²) in [5.74, 6) is -6.59. The van der Waals surface area contributed by atoms with Gasteiger partial charge in [0.2, 0.25) is 6.29 Å². The van der Waals surface area contributed by atoms with Gasteiger partial charge in [-0.25, -0.2) is 0 Å². The molecule has 1 unspecified atom stereocenters. The van der Waals surface area contributed by atoms with Crippen molar-refractivity contribution in [3.05, 3.63) is 24.2 Å². The summed E-state index contributed by atoms with van der Waals surface area (Å²) in [6.07, 6.45) is -5.64. The van der Waals surface area contributed by atoms with E-state index in [1.807, 2.05) is 6.92 Å². The molecule has 7 rings (SSSR count). The zero-order valence-electron chi connectivity index (χ0n) is 29.5. The lowest BCUT2D eigenvalue weighted by molar-refractivity contribution is -0.391. The Morgan fingerprint density at radius 1 is 0.920 bits per heavy atom. The third-order valence-corrected chi connectivity index (χ3v) is 13.6. The van der Waals surface area contributed by atoms with Gasteiger partial charge in [-0.3, -0.25) is 24.0 Å². The van der Waals surface area contributed by atoms with Gasteiger partial charge in [-0.15, -0.1) is 0 Å². The summed E-state index contributed by atoms with van der Waals surface area (Å²) >= 11 is 0. The normalized spacial score (nSPS) is 48.3. The Morgan fingerprint density at radius 3 is 2.16 bits per heavy atom. The number of hydrogen-bond acceptors (Lipinski definition) is 14. The van der Waals surface area contributed by atoms with Gasteiger partial charge >= 0.3 is 23.9 Å². The predicted molar refractivity (Wildman–Crippen MR) is 166 cm³/mol. The number of Topliss-reactive ketones (excluding diaryl/α,β-unsaturated/α-hetero) is 1. The number of aliphatic hydroxyl groups is 2. The highest BCUT2D eigenvalue weighted by atomic mass is 16.7. The number of hydrogen-bond donors (Lipinski definition) is 2. The maximum absolute atomic E-state index is 15.5. The maximum atomic E-state index is 15.5. The largest absolute Gasteiger partial charge is 0.472 e. The summed E-state index contributed by atoms with van der Waals surface area (Å²) in [6.45, 7) is 11.7. The Morgan fingerprint density at radius 2 is 1.58 bits per heavy atom. The molecule has 6 aliphatic rings. The Balaban J connectivity index is 1.46. The van der Waals surface area contributed by atoms with Crippen molar-refractivity contribution in [3.63, 3.8) is 0 Å². The molecular weight excluding hydrogens is 656 g/mol. The van der Waals surface area contributed by atoms with Crippen LogP contribution >= 0.6 is 0 Å². The molecule has 14 nitrogen and oxygen atoms in total. The van der Waals surface area contributed by atoms with E-state index < -0.39 is 118 Å². The van der Waals surface area contributed by atoms with Gasteiger partial charge in [0.05, 0.1) is 48.1 Å². The monoisotopic (exact) mass is 702 g/mol. The lowest BCUT2D eigenvalue weighted by Gasteiger charge is -2.73. The molecule has 2 saturated heterocycles. The van der Waals surface area contributed by atoms with E-state index in [1.165, 1.54) is 13.2 Å². The molecule has 1 aromatic heterocycles. The zero-order chi connectivity index (χ0) is 36.5. The fourth-order valence-corrected chi connectivity index (χ4v) is 11.7. The van der Waals surface area contributed by atoms with Crippen LogP contribution in [0.5, 0.6) is 0 Å². The first-order valence-electron chi connectivity index (χ1n) is 17.3. The van der Waals surface area contributed by atoms with E-state index in [2.05, 4.69) is 0 Å². The van der Waals surface area contributed by atoms with E-state index in [9.17, 15) is 29.4 Å². The van der Waals surface area contributed by atoms with E-state index in [0.29, 0.717) is 6.42 Å². The van der Waals surface area contributed by atoms with Crippen molar-refractivity contribution in [1.29, 1.82) is 0 Å². The van der Waals surface area contributed by atoms with Crippen molar-refractivity contribution in [1.82, 2.24) is 0 Å². The molecule has 2 bridgehead atoms. The van der Waals surface area contributed by atoms with Crippen LogP contribution in [0.1, 0.15) is 79.7 Å². The first kappa shape index (κ1) is 35.1. The number of rotatable bonds is 6. The summed E-state index contributed by atoms with van der Waals surface area (Å²) in [7, 11) is 0. The molecule has 0 amide bonds. The number of epoxide rings is 1. The van der Waals surface area contributed by atoms with Gasteiger partial charge in [-0.2, -0.15) is 0 Å². The minimum atomic E-state index is -1.70. The van der Waals surface area contributed by atoms with Gasteiger partial charge in [0.1, 0.15) is 11.7 Å². The highest BCUT2D eigenvalue weighted by molar-refractivity contribution is 5.93. The summed E-state index contributed by atoms with van der Waals surface area (Å²) in [5, 5.41) is 25.2. The second-order valence-electron chi connectivity index (χ2n) is 16.1. The van der Waals surface area contributed by atoms with Crippen LogP contribution in [0.2, 0.25) is 0 Å². The van der Waals surface area contributed by atoms with Gasteiger partial charge < -0.3 is 43.1 Å². The number of carbonyl (C=O) groups is 5. The molecule has 50 heavy (non-hydrogen) atoms. The van der Waals surface area contributed by atoms with Crippen molar-refractivity contribution in [2.75, 3.05) is 6.61 Å². The number of ether oxygens (including phenoxy) is 6. The second kappa shape index (κ2) is 11.1. The molecular formula is C36H46O14. The number of furan rings is 1. The molecule has 2 aliphatic heterocycles. The third kappa shape index (κ3) is 4.07. The first-order valence-corrected chi connectivity index (χ1v) is 17.3. The van der Waals surface area contributed by atoms with Gasteiger partial charge in [-0.1, -0.05) is 27.7 Å². The van der Waals surface area contributed by atoms with Crippen LogP contribution in [0.15, 0.2) is 23.0 Å². The fourth-order valence-electron chi connectivity index (χ4n) is 11.7. The fraction of sp³-hybridized carbons (Fsp3) is 0.750. The topological polar surface area (TPSA) is 198 Å². The summed E-state index contributed by atoms with van der Waals surface area (Å²) in [5.41, 5.74) is -6.22. The molecule has 1 aromatic rings. The molecule has 0 aromatic carbocycles. The summed E-state index contributed by atoms with van der Waals surface area (Å²) < 4.78 is 42.0. The number of aliphatic hydroxyl groups excluding tert-OH is 2. The van der Waals surface area contributed by atoms with E-state index in [4.69, 9.17) is 32.8 Å². The van der Waals surface area contributed by atoms with Crippen LogP contribution in [-0.2, 0) is 52.4 Å². The summed E-state index contributed by atoms with van der Waals surface area (Å²) in [4.78, 5) is 66.7. The highest BCUT2D eigenvalue weighted by Gasteiger charge is 2.93. The van der Waals surface area contributed by atoms with Crippen molar-refractivity contribution in [2.45, 2.75) is 123 Å². The minimum Gasteiger partial charge on any atom is -0.472 e. The quantitative estimate of drug-likeness (QED) is 0.249. The van der Waals surface area contributed by atoms with Crippen LogP contribution < -0.4 is 0 Å². The average Bonchev–Trinajstić information content (AvgIpc) is 3.38. The third-order valence-electron chi connectivity index (χ3n) is 13.6. The van der Waals surface area contributed by atoms with Crippen molar-refractivity contribution in [2.24, 2.45) is 39.4 Å². The van der Waals surface area contributed by atoms with Crippen LogP contribution in [0.4, 0.5) is 0 Å². The van der Waals surface area contributed by atoms with Crippen LogP contribution in [0, 0.1) is 39.4 Å². The maximum Gasteiger partial charge on any atom is 0.310 e. The number of fused-ring (bicyclic) bond motifs is 1. The molecule has 4 aliphatic carbocycles. The molecule has 2 N–H and O–H groups in total. The molecule has 15 atom stereocenters. The minimum absolute atomic E-state index is 0.0556. The second-order valence-corrected chi connectivity index (χ2v) is 16.1. The molecule has 1 spiro atoms. The zero-order valence-corrected chi connectivity index (χ0v) is 29.5. The molecule has 4 saturated carbocycles. The van der Waals surface area contributed by atoms with E-state index in [0.717, 1.165) is 19.4 Å². The smallest absolute Gasteiger partial charge is 0.310 e. The number of esters is 4. The Bertz CT molecular complexity index is 1620. The Labute approximate surface area is 289 Å². The van der Waals surface area contributed by atoms with E-state index in [1.54, 1.807) is 40.0 Å². The molecule has 274 valence electrons. The number of carbonyl (C=O) groups excluding carboxylic acids is 5. The van der Waals surface area contributed by atoms with Crippen molar-refractivity contribution >= 4 is 29.7 Å². The molecule has 6 fully saturated rings. The van der Waals surface area contributed by atoms with E-state index >= 15 is 4.79 Å². The lowest BCUT2D eigenvalue weighted by atomic mass is 9.33. The van der Waals surface area contributed by atoms with Crippen LogP contribution in [0.3, 0.4) is 0 Å². The predicted octanol–water partition coefficient (Wildman–Crippen LogP) is 2.21. The SMILES string of the molecule is CC(=O)O[C@H]1[C@@H](OC(C)=O)[C@]2(C)C(OC(=O)C(C)C)OC[C@]3([C@H]4C(=O)[C@H](OC(C)=O)[C@@]5(C)[C@H](c6ccoc6)C[C@H]6O[C@]65[C@]4(C)[C@H](O)C[C@@H]23)[C@H]1O.